The number of aryl methyl sites for hydroxylation is 1. The van der Waals surface area contributed by atoms with Crippen molar-refractivity contribution in [1.82, 2.24) is 19.7 Å². The largest absolute Gasteiger partial charge is 0.490 e. The van der Waals surface area contributed by atoms with Crippen LogP contribution in [-0.4, -0.2) is 33.9 Å². The average Bonchev–Trinajstić information content (AvgIpc) is 2.86. The van der Waals surface area contributed by atoms with E-state index in [0.717, 1.165) is 12.4 Å². The maximum atomic E-state index is 5.29. The average molecular weight is 248 g/mol. The van der Waals surface area contributed by atoms with Gasteiger partial charge in [-0.25, -0.2) is 9.97 Å². The highest BCUT2D eigenvalue weighted by Gasteiger charge is 2.11. The summed E-state index contributed by atoms with van der Waals surface area (Å²) in [6.45, 7) is 2.85. The fourth-order valence-electron chi connectivity index (χ4n) is 1.56. The molecular weight excluding hydrogens is 232 g/mol. The Balaban J connectivity index is 2.28. The van der Waals surface area contributed by atoms with Crippen molar-refractivity contribution in [3.63, 3.8) is 0 Å². The van der Waals surface area contributed by atoms with Gasteiger partial charge in [-0.1, -0.05) is 0 Å². The number of rotatable bonds is 5. The number of aromatic nitrogens is 4. The van der Waals surface area contributed by atoms with Crippen LogP contribution in [0, 0.1) is 0 Å². The van der Waals surface area contributed by atoms with Crippen molar-refractivity contribution in [2.24, 2.45) is 0 Å². The Morgan fingerprint density at radius 1 is 1.33 bits per heavy atom. The molecule has 0 unspecified atom stereocenters. The summed E-state index contributed by atoms with van der Waals surface area (Å²) in [4.78, 5) is 8.23. The monoisotopic (exact) mass is 248 g/mol. The lowest BCUT2D eigenvalue weighted by atomic mass is 10.4. The number of anilines is 3. The van der Waals surface area contributed by atoms with Crippen LogP contribution in [0.15, 0.2) is 18.6 Å². The summed E-state index contributed by atoms with van der Waals surface area (Å²) in [7, 11) is 3.36. The molecule has 7 nitrogen and oxygen atoms in total. The first kappa shape index (κ1) is 12.2. The minimum absolute atomic E-state index is 0.561. The Kier molecular flexibility index (Phi) is 3.61. The highest BCUT2D eigenvalue weighted by molar-refractivity contribution is 5.67. The Labute approximate surface area is 105 Å². The Morgan fingerprint density at radius 2 is 2.11 bits per heavy atom. The van der Waals surface area contributed by atoms with E-state index in [0.29, 0.717) is 17.4 Å². The summed E-state index contributed by atoms with van der Waals surface area (Å²) in [5.74, 6) is 2.49. The van der Waals surface area contributed by atoms with E-state index in [1.807, 2.05) is 23.9 Å². The molecule has 0 aliphatic carbocycles. The van der Waals surface area contributed by atoms with E-state index in [2.05, 4.69) is 25.7 Å². The summed E-state index contributed by atoms with van der Waals surface area (Å²) in [6, 6.07) is 1.88. The lowest BCUT2D eigenvalue weighted by molar-refractivity contribution is 0.415. The molecule has 0 bridgehead atoms. The van der Waals surface area contributed by atoms with Gasteiger partial charge in [0.25, 0.3) is 0 Å². The van der Waals surface area contributed by atoms with E-state index < -0.39 is 0 Å². The standard InChI is InChI=1S/C11H16N6O/c1-4-17-6-5-8(16-17)15-11-9(18-3)10(12-2)13-7-14-11/h5-7H,4H2,1-3H3,(H2,12,13,14,15,16). The van der Waals surface area contributed by atoms with E-state index in [4.69, 9.17) is 4.74 Å². The molecule has 7 heteroatoms. The van der Waals surface area contributed by atoms with Crippen LogP contribution in [-0.2, 0) is 6.54 Å². The fraction of sp³-hybridized carbons (Fsp3) is 0.364. The van der Waals surface area contributed by atoms with Crippen LogP contribution in [0.4, 0.5) is 17.5 Å². The number of methoxy groups -OCH3 is 1. The Morgan fingerprint density at radius 3 is 2.72 bits per heavy atom. The highest BCUT2D eigenvalue weighted by atomic mass is 16.5. The maximum Gasteiger partial charge on any atom is 0.204 e. The van der Waals surface area contributed by atoms with E-state index in [-0.39, 0.29) is 0 Å². The molecule has 0 radical (unpaired) electrons. The van der Waals surface area contributed by atoms with Crippen LogP contribution in [0.5, 0.6) is 5.75 Å². The molecule has 2 rings (SSSR count). The normalized spacial score (nSPS) is 10.2. The molecule has 0 aromatic carbocycles. The molecule has 0 saturated heterocycles. The molecule has 0 saturated carbocycles. The van der Waals surface area contributed by atoms with Gasteiger partial charge in [0.15, 0.2) is 17.5 Å². The van der Waals surface area contributed by atoms with Crippen molar-refractivity contribution in [3.8, 4) is 5.75 Å². The van der Waals surface area contributed by atoms with Crippen LogP contribution in [0.2, 0.25) is 0 Å². The van der Waals surface area contributed by atoms with Gasteiger partial charge in [0.05, 0.1) is 7.11 Å². The summed E-state index contributed by atoms with van der Waals surface area (Å²) < 4.78 is 7.12. The van der Waals surface area contributed by atoms with Crippen LogP contribution >= 0.6 is 0 Å². The molecule has 0 spiro atoms. The summed E-state index contributed by atoms with van der Waals surface area (Å²) >= 11 is 0. The van der Waals surface area contributed by atoms with E-state index in [9.17, 15) is 0 Å². The second-order valence-electron chi connectivity index (χ2n) is 3.54. The van der Waals surface area contributed by atoms with Crippen LogP contribution < -0.4 is 15.4 Å². The Hall–Kier alpha value is -2.31. The number of ether oxygens (including phenoxy) is 1. The van der Waals surface area contributed by atoms with Crippen LogP contribution in [0.1, 0.15) is 6.92 Å². The third-order valence-corrected chi connectivity index (χ3v) is 2.46. The molecule has 0 aliphatic heterocycles. The van der Waals surface area contributed by atoms with Crippen molar-refractivity contribution in [2.75, 3.05) is 24.8 Å². The van der Waals surface area contributed by atoms with Gasteiger partial charge in [-0.05, 0) is 6.92 Å². The molecule has 2 N–H and O–H groups in total. The van der Waals surface area contributed by atoms with Crippen molar-refractivity contribution < 1.29 is 4.74 Å². The van der Waals surface area contributed by atoms with Crippen LogP contribution in [0.3, 0.4) is 0 Å². The van der Waals surface area contributed by atoms with Crippen LogP contribution in [0.25, 0.3) is 0 Å². The lowest BCUT2D eigenvalue weighted by Gasteiger charge is -2.11. The summed E-state index contributed by atoms with van der Waals surface area (Å²) in [5.41, 5.74) is 0. The summed E-state index contributed by atoms with van der Waals surface area (Å²) in [5, 5.41) is 10.4. The Bertz CT molecular complexity index is 524. The van der Waals surface area contributed by atoms with Crippen molar-refractivity contribution in [1.29, 1.82) is 0 Å². The minimum Gasteiger partial charge on any atom is -0.490 e. The predicted molar refractivity (Wildman–Crippen MR) is 69.3 cm³/mol. The van der Waals surface area contributed by atoms with Crippen molar-refractivity contribution in [2.45, 2.75) is 13.5 Å². The number of hydrogen-bond acceptors (Lipinski definition) is 6. The molecule has 0 fully saturated rings. The predicted octanol–water partition coefficient (Wildman–Crippen LogP) is 1.49. The molecule has 2 heterocycles. The first-order chi connectivity index (χ1) is 8.78. The van der Waals surface area contributed by atoms with E-state index in [1.165, 1.54) is 6.33 Å². The molecule has 0 atom stereocenters. The van der Waals surface area contributed by atoms with Gasteiger partial charge in [-0.15, -0.1) is 0 Å². The first-order valence-corrected chi connectivity index (χ1v) is 5.65. The third-order valence-electron chi connectivity index (χ3n) is 2.46. The fourth-order valence-corrected chi connectivity index (χ4v) is 1.56. The van der Waals surface area contributed by atoms with E-state index >= 15 is 0 Å². The SMILES string of the molecule is CCn1ccc(Nc2ncnc(NC)c2OC)n1. The van der Waals surface area contributed by atoms with Crippen molar-refractivity contribution in [3.05, 3.63) is 18.6 Å². The molecule has 2 aromatic heterocycles. The number of nitrogens with zero attached hydrogens (tertiary/aromatic N) is 4. The van der Waals surface area contributed by atoms with Gasteiger partial charge in [0, 0.05) is 25.9 Å². The molecule has 18 heavy (non-hydrogen) atoms. The zero-order chi connectivity index (χ0) is 13.0. The topological polar surface area (TPSA) is 76.9 Å². The second kappa shape index (κ2) is 5.35. The zero-order valence-electron chi connectivity index (χ0n) is 10.6. The van der Waals surface area contributed by atoms with Gasteiger partial charge >= 0.3 is 0 Å². The lowest BCUT2D eigenvalue weighted by Crippen LogP contribution is -2.04. The van der Waals surface area contributed by atoms with E-state index in [1.54, 1.807) is 14.2 Å². The highest BCUT2D eigenvalue weighted by Crippen LogP contribution is 2.30. The quantitative estimate of drug-likeness (QED) is 0.834. The second-order valence-corrected chi connectivity index (χ2v) is 3.54. The minimum atomic E-state index is 0.561. The molecule has 0 amide bonds. The smallest absolute Gasteiger partial charge is 0.204 e. The molecule has 2 aromatic rings. The summed E-state index contributed by atoms with van der Waals surface area (Å²) in [6.07, 6.45) is 3.36. The molecule has 96 valence electrons. The molecular formula is C11H16N6O. The van der Waals surface area contributed by atoms with Gasteiger partial charge in [-0.3, -0.25) is 4.68 Å². The zero-order valence-corrected chi connectivity index (χ0v) is 10.6. The third kappa shape index (κ3) is 2.34. The maximum absolute atomic E-state index is 5.29. The van der Waals surface area contributed by atoms with Gasteiger partial charge in [0.2, 0.25) is 5.75 Å². The number of nitrogens with one attached hydrogen (secondary N) is 2. The molecule has 0 aliphatic rings. The van der Waals surface area contributed by atoms with Gasteiger partial charge in [-0.2, -0.15) is 5.10 Å². The first-order valence-electron chi connectivity index (χ1n) is 5.65. The van der Waals surface area contributed by atoms with Crippen molar-refractivity contribution >= 4 is 17.5 Å². The van der Waals surface area contributed by atoms with Gasteiger partial charge in [0.1, 0.15) is 6.33 Å². The number of hydrogen-bond donors (Lipinski definition) is 2. The van der Waals surface area contributed by atoms with Gasteiger partial charge < -0.3 is 15.4 Å².